The molecule has 0 aliphatic heterocycles. The van der Waals surface area contributed by atoms with Gasteiger partial charge in [-0.1, -0.05) is 19.4 Å². The fourth-order valence-corrected chi connectivity index (χ4v) is 2.22. The lowest BCUT2D eigenvalue weighted by molar-refractivity contribution is 0.0700. The minimum Gasteiger partial charge on any atom is -0.478 e. The third-order valence-electron chi connectivity index (χ3n) is 3.15. The first kappa shape index (κ1) is 13.1. The van der Waals surface area contributed by atoms with Crippen LogP contribution in [0.5, 0.6) is 0 Å². The maximum absolute atomic E-state index is 11.7. The van der Waals surface area contributed by atoms with Crippen LogP contribution in [0.3, 0.4) is 0 Å². The number of aryl methyl sites for hydroxylation is 1. The molecule has 0 saturated carbocycles. The number of aromatic amines is 1. The molecule has 4 N–H and O–H groups in total. The number of carboxylic acid groups (broad SMARTS) is 1. The van der Waals surface area contributed by atoms with Crippen molar-refractivity contribution in [3.05, 3.63) is 39.7 Å². The molecule has 0 aliphatic rings. The number of nitrogen functional groups attached to an aromatic ring is 1. The molecular formula is C14H16N2O3. The molecule has 2 aromatic rings. The first-order chi connectivity index (χ1) is 9.04. The van der Waals surface area contributed by atoms with Crippen LogP contribution >= 0.6 is 0 Å². The molecule has 100 valence electrons. The van der Waals surface area contributed by atoms with Gasteiger partial charge in [-0.25, -0.2) is 4.79 Å². The number of carboxylic acids is 1. The van der Waals surface area contributed by atoms with Crippen molar-refractivity contribution < 1.29 is 9.90 Å². The lowest BCUT2D eigenvalue weighted by Gasteiger charge is -2.09. The number of aromatic carboxylic acids is 1. The van der Waals surface area contributed by atoms with Crippen molar-refractivity contribution in [3.8, 4) is 0 Å². The van der Waals surface area contributed by atoms with Crippen molar-refractivity contribution in [1.82, 2.24) is 4.98 Å². The molecule has 0 saturated heterocycles. The van der Waals surface area contributed by atoms with Crippen LogP contribution < -0.4 is 11.3 Å². The lowest BCUT2D eigenvalue weighted by Crippen LogP contribution is -2.12. The summed E-state index contributed by atoms with van der Waals surface area (Å²) in [6.07, 6.45) is 2.71. The number of H-pyrrole nitrogens is 1. The number of nitrogens with two attached hydrogens (primary N) is 1. The molecule has 5 nitrogen and oxygen atoms in total. The number of rotatable bonds is 4. The van der Waals surface area contributed by atoms with E-state index in [-0.39, 0.29) is 16.8 Å². The summed E-state index contributed by atoms with van der Waals surface area (Å²) >= 11 is 0. The van der Waals surface area contributed by atoms with Crippen molar-refractivity contribution in [2.75, 3.05) is 5.73 Å². The Morgan fingerprint density at radius 1 is 1.42 bits per heavy atom. The largest absolute Gasteiger partial charge is 0.478 e. The summed E-state index contributed by atoms with van der Waals surface area (Å²) in [6.45, 7) is 2.07. The van der Waals surface area contributed by atoms with E-state index < -0.39 is 5.97 Å². The van der Waals surface area contributed by atoms with E-state index in [0.29, 0.717) is 5.52 Å². The fraction of sp³-hybridized carbons (Fsp3) is 0.286. The van der Waals surface area contributed by atoms with Crippen molar-refractivity contribution in [2.24, 2.45) is 0 Å². The van der Waals surface area contributed by atoms with Crippen LogP contribution in [0.1, 0.15) is 35.7 Å². The van der Waals surface area contributed by atoms with E-state index in [2.05, 4.69) is 11.9 Å². The summed E-state index contributed by atoms with van der Waals surface area (Å²) in [5.74, 6) is -1.13. The highest BCUT2D eigenvalue weighted by Crippen LogP contribution is 2.25. The minimum atomic E-state index is -1.13. The predicted octanol–water partition coefficient (Wildman–Crippen LogP) is 2.15. The van der Waals surface area contributed by atoms with Crippen LogP contribution in [0.4, 0.5) is 5.69 Å². The number of carbonyl (C=O) groups is 1. The number of hydrogen-bond acceptors (Lipinski definition) is 3. The number of pyridine rings is 1. The summed E-state index contributed by atoms with van der Waals surface area (Å²) in [4.78, 5) is 25.5. The van der Waals surface area contributed by atoms with E-state index in [9.17, 15) is 14.7 Å². The fourth-order valence-electron chi connectivity index (χ4n) is 2.22. The van der Waals surface area contributed by atoms with Gasteiger partial charge in [-0.15, -0.1) is 0 Å². The van der Waals surface area contributed by atoms with Crippen LogP contribution in [0, 0.1) is 0 Å². The highest BCUT2D eigenvalue weighted by molar-refractivity contribution is 6.07. The molecule has 0 fully saturated rings. The monoisotopic (exact) mass is 260 g/mol. The molecular weight excluding hydrogens is 244 g/mol. The Morgan fingerprint density at radius 2 is 2.16 bits per heavy atom. The van der Waals surface area contributed by atoms with Crippen LogP contribution in [-0.4, -0.2) is 16.1 Å². The molecule has 1 heterocycles. The number of unbranched alkanes of at least 4 members (excludes halogenated alkanes) is 1. The number of anilines is 1. The SMILES string of the molecule is CCCCc1cc(=O)[nH]c2c(C(=O)O)c(N)ccc12. The van der Waals surface area contributed by atoms with Crippen molar-refractivity contribution >= 4 is 22.6 Å². The highest BCUT2D eigenvalue weighted by atomic mass is 16.4. The van der Waals surface area contributed by atoms with E-state index >= 15 is 0 Å². The summed E-state index contributed by atoms with van der Waals surface area (Å²) in [7, 11) is 0. The zero-order valence-electron chi connectivity index (χ0n) is 10.7. The maximum atomic E-state index is 11.7. The molecule has 0 radical (unpaired) electrons. The van der Waals surface area contributed by atoms with Gasteiger partial charge < -0.3 is 15.8 Å². The van der Waals surface area contributed by atoms with Crippen LogP contribution in [0.2, 0.25) is 0 Å². The molecule has 2 rings (SSSR count). The van der Waals surface area contributed by atoms with Gasteiger partial charge in [-0.05, 0) is 24.5 Å². The molecule has 0 spiro atoms. The second kappa shape index (κ2) is 5.14. The standard InChI is InChI=1S/C14H16N2O3/c1-2-3-4-8-7-11(17)16-13-9(8)5-6-10(15)12(13)14(18)19/h5-7H,2-4,15H2,1H3,(H,16,17)(H,18,19). The van der Waals surface area contributed by atoms with E-state index in [0.717, 1.165) is 30.2 Å². The van der Waals surface area contributed by atoms with Crippen molar-refractivity contribution in [1.29, 1.82) is 0 Å². The summed E-state index contributed by atoms with van der Waals surface area (Å²) in [5.41, 5.74) is 6.68. The number of benzene rings is 1. The lowest BCUT2D eigenvalue weighted by atomic mass is 10.00. The number of nitrogens with one attached hydrogen (secondary N) is 1. The van der Waals surface area contributed by atoms with Gasteiger partial charge in [0.25, 0.3) is 0 Å². The van der Waals surface area contributed by atoms with Crippen LogP contribution in [0.25, 0.3) is 10.9 Å². The molecule has 0 aliphatic carbocycles. The van der Waals surface area contributed by atoms with E-state index in [1.165, 1.54) is 6.07 Å². The van der Waals surface area contributed by atoms with Gasteiger partial charge in [0.15, 0.2) is 0 Å². The maximum Gasteiger partial charge on any atom is 0.339 e. The van der Waals surface area contributed by atoms with Crippen molar-refractivity contribution in [2.45, 2.75) is 26.2 Å². The Kier molecular flexibility index (Phi) is 3.55. The van der Waals surface area contributed by atoms with Gasteiger partial charge >= 0.3 is 5.97 Å². The smallest absolute Gasteiger partial charge is 0.339 e. The summed E-state index contributed by atoms with van der Waals surface area (Å²) in [6, 6.07) is 4.86. The topological polar surface area (TPSA) is 96.2 Å². The highest BCUT2D eigenvalue weighted by Gasteiger charge is 2.15. The first-order valence-electron chi connectivity index (χ1n) is 6.22. The van der Waals surface area contributed by atoms with Gasteiger partial charge in [-0.2, -0.15) is 0 Å². The summed E-state index contributed by atoms with van der Waals surface area (Å²) in [5, 5.41) is 9.97. The van der Waals surface area contributed by atoms with E-state index in [4.69, 9.17) is 5.73 Å². The van der Waals surface area contributed by atoms with Gasteiger partial charge in [-0.3, -0.25) is 4.79 Å². The second-order valence-corrected chi connectivity index (χ2v) is 4.52. The van der Waals surface area contributed by atoms with Crippen LogP contribution in [-0.2, 0) is 6.42 Å². The zero-order valence-corrected chi connectivity index (χ0v) is 10.7. The Labute approximate surface area is 110 Å². The molecule has 0 atom stereocenters. The Bertz CT molecular complexity index is 689. The summed E-state index contributed by atoms with van der Waals surface area (Å²) < 4.78 is 0. The minimum absolute atomic E-state index is 0.0343. The number of aromatic nitrogens is 1. The average Bonchev–Trinajstić information content (AvgIpc) is 2.34. The molecule has 5 heteroatoms. The third-order valence-corrected chi connectivity index (χ3v) is 3.15. The predicted molar refractivity (Wildman–Crippen MR) is 74.6 cm³/mol. The van der Waals surface area contributed by atoms with Gasteiger partial charge in [0.2, 0.25) is 5.56 Å². The van der Waals surface area contributed by atoms with Crippen LogP contribution in [0.15, 0.2) is 23.0 Å². The molecule has 1 aromatic carbocycles. The number of hydrogen-bond donors (Lipinski definition) is 3. The Morgan fingerprint density at radius 3 is 2.79 bits per heavy atom. The zero-order chi connectivity index (χ0) is 14.0. The molecule has 0 bridgehead atoms. The normalized spacial score (nSPS) is 10.8. The molecule has 1 aromatic heterocycles. The van der Waals surface area contributed by atoms with Gasteiger partial charge in [0.05, 0.1) is 5.52 Å². The van der Waals surface area contributed by atoms with E-state index in [1.807, 2.05) is 0 Å². The Balaban J connectivity index is 2.77. The van der Waals surface area contributed by atoms with Gasteiger partial charge in [0, 0.05) is 17.1 Å². The van der Waals surface area contributed by atoms with Gasteiger partial charge in [0.1, 0.15) is 5.56 Å². The quantitative estimate of drug-likeness (QED) is 0.734. The first-order valence-corrected chi connectivity index (χ1v) is 6.22. The van der Waals surface area contributed by atoms with Crippen molar-refractivity contribution in [3.63, 3.8) is 0 Å². The Hall–Kier alpha value is -2.30. The second-order valence-electron chi connectivity index (χ2n) is 4.52. The van der Waals surface area contributed by atoms with E-state index in [1.54, 1.807) is 12.1 Å². The average molecular weight is 260 g/mol. The molecule has 0 unspecified atom stereocenters. The number of fused-ring (bicyclic) bond motifs is 1. The molecule has 19 heavy (non-hydrogen) atoms. The third kappa shape index (κ3) is 2.45. The molecule has 0 amide bonds.